The van der Waals surface area contributed by atoms with Crippen LogP contribution in [0.15, 0.2) is 0 Å². The van der Waals surface area contributed by atoms with Crippen LogP contribution < -0.4 is 5.32 Å². The lowest BCUT2D eigenvalue weighted by molar-refractivity contribution is -0.133. The summed E-state index contributed by atoms with van der Waals surface area (Å²) in [4.78, 5) is 14.6. The number of carbonyl (C=O) groups excluding carboxylic acids is 1. The van der Waals surface area contributed by atoms with Crippen molar-refractivity contribution in [2.75, 3.05) is 18.1 Å². The van der Waals surface area contributed by atoms with Crippen molar-refractivity contribution in [3.63, 3.8) is 0 Å². The molecule has 2 aliphatic heterocycles. The van der Waals surface area contributed by atoms with Gasteiger partial charge in [-0.2, -0.15) is 0 Å². The van der Waals surface area contributed by atoms with Crippen LogP contribution in [-0.4, -0.2) is 49.0 Å². The minimum atomic E-state index is -2.89. The van der Waals surface area contributed by atoms with Gasteiger partial charge in [-0.05, 0) is 38.0 Å². The lowest BCUT2D eigenvalue weighted by Crippen LogP contribution is -2.44. The van der Waals surface area contributed by atoms with Gasteiger partial charge < -0.3 is 4.90 Å². The normalized spacial score (nSPS) is 35.9. The van der Waals surface area contributed by atoms with Crippen molar-refractivity contribution in [3.8, 4) is 0 Å². The zero-order valence-electron chi connectivity index (χ0n) is 13.6. The number of hydrogen-bond acceptors (Lipinski definition) is 4. The van der Waals surface area contributed by atoms with Crippen LogP contribution in [0.2, 0.25) is 0 Å². The number of rotatable bonds is 5. The van der Waals surface area contributed by atoms with Gasteiger partial charge in [0.2, 0.25) is 5.91 Å². The summed E-state index contributed by atoms with van der Waals surface area (Å²) in [5.74, 6) is 1.21. The number of hydrogen-bond donors (Lipinski definition) is 1. The van der Waals surface area contributed by atoms with Crippen molar-refractivity contribution in [1.82, 2.24) is 10.2 Å². The van der Waals surface area contributed by atoms with E-state index in [1.807, 2.05) is 18.7 Å². The second-order valence-electron chi connectivity index (χ2n) is 7.20. The highest BCUT2D eigenvalue weighted by Gasteiger charge is 2.47. The third-order valence-electron chi connectivity index (χ3n) is 4.78. The van der Waals surface area contributed by atoms with E-state index >= 15 is 0 Å². The first-order valence-corrected chi connectivity index (χ1v) is 9.78. The Labute approximate surface area is 128 Å². The predicted octanol–water partition coefficient (Wildman–Crippen LogP) is 1.39. The maximum Gasteiger partial charge on any atom is 0.243 e. The third kappa shape index (κ3) is 3.59. The standard InChI is InChI=1S/C15H28N2O3S/c1-5-15(4)14(18)17(13(16-15)8-11(2)3)9-12-6-7-21(19,20)10-12/h11-13,16H,5-10H2,1-4H3. The van der Waals surface area contributed by atoms with Crippen molar-refractivity contribution in [3.05, 3.63) is 0 Å². The van der Waals surface area contributed by atoms with Gasteiger partial charge in [-0.15, -0.1) is 0 Å². The number of carbonyl (C=O) groups is 1. The van der Waals surface area contributed by atoms with E-state index in [0.29, 0.717) is 18.9 Å². The molecule has 2 fully saturated rings. The smallest absolute Gasteiger partial charge is 0.243 e. The van der Waals surface area contributed by atoms with E-state index in [-0.39, 0.29) is 29.5 Å². The molecule has 0 spiro atoms. The zero-order chi connectivity index (χ0) is 15.8. The van der Waals surface area contributed by atoms with Crippen molar-refractivity contribution >= 4 is 15.7 Å². The first kappa shape index (κ1) is 16.7. The highest BCUT2D eigenvalue weighted by molar-refractivity contribution is 7.91. The molecule has 3 unspecified atom stereocenters. The van der Waals surface area contributed by atoms with Gasteiger partial charge in [0.15, 0.2) is 9.84 Å². The SMILES string of the molecule is CCC1(C)NC(CC(C)C)N(CC2CCS(=O)(=O)C2)C1=O. The molecular weight excluding hydrogens is 288 g/mol. The van der Waals surface area contributed by atoms with E-state index in [2.05, 4.69) is 19.2 Å². The van der Waals surface area contributed by atoms with Crippen molar-refractivity contribution < 1.29 is 13.2 Å². The maximum absolute atomic E-state index is 12.7. The Morgan fingerprint density at radius 2 is 2.10 bits per heavy atom. The molecule has 0 aromatic carbocycles. The molecule has 2 rings (SSSR count). The predicted molar refractivity (Wildman–Crippen MR) is 83.5 cm³/mol. The number of nitrogens with one attached hydrogen (secondary N) is 1. The van der Waals surface area contributed by atoms with E-state index < -0.39 is 15.4 Å². The molecule has 0 saturated carbocycles. The Bertz CT molecular complexity index is 503. The van der Waals surface area contributed by atoms with E-state index in [4.69, 9.17) is 0 Å². The fourth-order valence-corrected chi connectivity index (χ4v) is 5.21. The summed E-state index contributed by atoms with van der Waals surface area (Å²) in [5.41, 5.74) is -0.503. The molecule has 0 aromatic rings. The molecule has 122 valence electrons. The molecule has 0 radical (unpaired) electrons. The summed E-state index contributed by atoms with van der Waals surface area (Å²) in [6.45, 7) is 8.82. The fraction of sp³-hybridized carbons (Fsp3) is 0.933. The number of sulfone groups is 1. The van der Waals surface area contributed by atoms with E-state index in [1.54, 1.807) is 0 Å². The topological polar surface area (TPSA) is 66.5 Å². The summed E-state index contributed by atoms with van der Waals surface area (Å²) in [6, 6.07) is 0. The molecule has 5 nitrogen and oxygen atoms in total. The maximum atomic E-state index is 12.7. The van der Waals surface area contributed by atoms with Gasteiger partial charge in [0.1, 0.15) is 0 Å². The first-order chi connectivity index (χ1) is 9.67. The summed E-state index contributed by atoms with van der Waals surface area (Å²) in [6.07, 6.45) is 2.37. The van der Waals surface area contributed by atoms with Crippen molar-refractivity contribution in [2.24, 2.45) is 11.8 Å². The molecule has 6 heteroatoms. The minimum absolute atomic E-state index is 0.0331. The Morgan fingerprint density at radius 1 is 1.43 bits per heavy atom. The van der Waals surface area contributed by atoms with Gasteiger partial charge in [-0.25, -0.2) is 8.42 Å². The average Bonchev–Trinajstić information content (AvgIpc) is 2.82. The van der Waals surface area contributed by atoms with Crippen LogP contribution in [0.1, 0.15) is 47.0 Å². The lowest BCUT2D eigenvalue weighted by atomic mass is 9.99. The van der Waals surface area contributed by atoms with Gasteiger partial charge in [-0.1, -0.05) is 20.8 Å². The largest absolute Gasteiger partial charge is 0.325 e. The fourth-order valence-electron chi connectivity index (χ4n) is 3.36. The third-order valence-corrected chi connectivity index (χ3v) is 6.61. The molecule has 2 heterocycles. The summed E-state index contributed by atoms with van der Waals surface area (Å²) >= 11 is 0. The van der Waals surface area contributed by atoms with Crippen LogP contribution in [-0.2, 0) is 14.6 Å². The molecule has 2 saturated heterocycles. The van der Waals surface area contributed by atoms with Crippen LogP contribution in [0.3, 0.4) is 0 Å². The Morgan fingerprint density at radius 3 is 2.57 bits per heavy atom. The second-order valence-corrected chi connectivity index (χ2v) is 9.43. The number of amides is 1. The van der Waals surface area contributed by atoms with Gasteiger partial charge in [0.25, 0.3) is 0 Å². The number of nitrogens with zero attached hydrogens (tertiary/aromatic N) is 1. The molecular formula is C15H28N2O3S. The lowest BCUT2D eigenvalue weighted by Gasteiger charge is -2.27. The van der Waals surface area contributed by atoms with Crippen LogP contribution in [0, 0.1) is 11.8 Å². The first-order valence-electron chi connectivity index (χ1n) is 7.96. The monoisotopic (exact) mass is 316 g/mol. The Kier molecular flexibility index (Phi) is 4.69. The van der Waals surface area contributed by atoms with Crippen LogP contribution in [0.25, 0.3) is 0 Å². The van der Waals surface area contributed by atoms with Gasteiger partial charge in [0, 0.05) is 6.54 Å². The molecule has 0 aliphatic carbocycles. The van der Waals surface area contributed by atoms with E-state index in [0.717, 1.165) is 12.8 Å². The summed E-state index contributed by atoms with van der Waals surface area (Å²) < 4.78 is 23.2. The minimum Gasteiger partial charge on any atom is -0.325 e. The van der Waals surface area contributed by atoms with Crippen LogP contribution in [0.4, 0.5) is 0 Å². The molecule has 1 N–H and O–H groups in total. The highest BCUT2D eigenvalue weighted by atomic mass is 32.2. The molecule has 2 aliphatic rings. The second kappa shape index (κ2) is 5.88. The van der Waals surface area contributed by atoms with E-state index in [1.165, 1.54) is 0 Å². The quantitative estimate of drug-likeness (QED) is 0.832. The summed E-state index contributed by atoms with van der Waals surface area (Å²) in [7, 11) is -2.89. The molecule has 1 amide bonds. The molecule has 21 heavy (non-hydrogen) atoms. The van der Waals surface area contributed by atoms with Crippen LogP contribution in [0.5, 0.6) is 0 Å². The van der Waals surface area contributed by atoms with Gasteiger partial charge in [-0.3, -0.25) is 10.1 Å². The van der Waals surface area contributed by atoms with E-state index in [9.17, 15) is 13.2 Å². The van der Waals surface area contributed by atoms with Crippen molar-refractivity contribution in [1.29, 1.82) is 0 Å². The molecule has 3 atom stereocenters. The summed E-state index contributed by atoms with van der Waals surface area (Å²) in [5, 5.41) is 3.47. The van der Waals surface area contributed by atoms with Gasteiger partial charge in [0.05, 0.1) is 23.2 Å². The average molecular weight is 316 g/mol. The zero-order valence-corrected chi connectivity index (χ0v) is 14.4. The van der Waals surface area contributed by atoms with Crippen molar-refractivity contribution in [2.45, 2.75) is 58.7 Å². The Balaban J connectivity index is 2.12. The van der Waals surface area contributed by atoms with Crippen LogP contribution >= 0.6 is 0 Å². The van der Waals surface area contributed by atoms with Gasteiger partial charge >= 0.3 is 0 Å². The molecule has 0 aromatic heterocycles. The molecule has 0 bridgehead atoms. The highest BCUT2D eigenvalue weighted by Crippen LogP contribution is 2.29. The Hall–Kier alpha value is -0.620.